The highest BCUT2D eigenvalue weighted by Gasteiger charge is 2.34. The first-order chi connectivity index (χ1) is 16.5. The highest BCUT2D eigenvalue weighted by Crippen LogP contribution is 2.36. The molecule has 0 aliphatic rings. The Morgan fingerprint density at radius 1 is 0.771 bits per heavy atom. The monoisotopic (exact) mass is 500 g/mol. The molecular formula is C26H23F7O2. The number of unbranched alkanes of at least 4 members (excludes halogenated alkanes) is 2. The third-order valence-corrected chi connectivity index (χ3v) is 5.54. The van der Waals surface area contributed by atoms with Crippen LogP contribution >= 0.6 is 0 Å². The van der Waals surface area contributed by atoms with Gasteiger partial charge in [0.05, 0.1) is 5.56 Å². The number of aryl methyl sites for hydroxylation is 2. The normalized spacial score (nSPS) is 11.7. The molecular weight excluding hydrogens is 477 g/mol. The Morgan fingerprint density at radius 2 is 1.40 bits per heavy atom. The summed E-state index contributed by atoms with van der Waals surface area (Å²) in [6, 6.07) is 8.80. The van der Waals surface area contributed by atoms with Crippen LogP contribution in [-0.2, 0) is 19.3 Å². The number of ether oxygens (including phenoxy) is 1. The Balaban J connectivity index is 1.83. The molecule has 1 N–H and O–H groups in total. The SMILES string of the molecule is CCCCCc1ccc(-c2c(O)cc(F)c(CCc3cc(F)c(OC(F)(F)F)c(F)c3)c2F)cc1. The van der Waals surface area contributed by atoms with Crippen molar-refractivity contribution in [1.29, 1.82) is 0 Å². The average molecular weight is 500 g/mol. The summed E-state index contributed by atoms with van der Waals surface area (Å²) in [5.41, 5.74) is 0.589. The summed E-state index contributed by atoms with van der Waals surface area (Å²) >= 11 is 0. The van der Waals surface area contributed by atoms with Crippen LogP contribution in [0.1, 0.15) is 42.9 Å². The number of alkyl halides is 3. The molecule has 0 aliphatic heterocycles. The van der Waals surface area contributed by atoms with E-state index in [0.717, 1.165) is 37.3 Å². The van der Waals surface area contributed by atoms with Crippen molar-refractivity contribution in [3.8, 4) is 22.6 Å². The lowest BCUT2D eigenvalue weighted by Crippen LogP contribution is -2.19. The molecule has 188 valence electrons. The van der Waals surface area contributed by atoms with Gasteiger partial charge in [-0.05, 0) is 54.5 Å². The number of phenolic OH excluding ortho intramolecular Hbond substituents is 1. The zero-order chi connectivity index (χ0) is 25.8. The van der Waals surface area contributed by atoms with E-state index in [0.29, 0.717) is 17.7 Å². The Labute approximate surface area is 198 Å². The fourth-order valence-electron chi connectivity index (χ4n) is 3.81. The summed E-state index contributed by atoms with van der Waals surface area (Å²) in [6.45, 7) is 2.09. The van der Waals surface area contributed by atoms with Crippen molar-refractivity contribution >= 4 is 0 Å². The van der Waals surface area contributed by atoms with Crippen LogP contribution in [0.25, 0.3) is 11.1 Å². The van der Waals surface area contributed by atoms with E-state index in [1.54, 1.807) is 24.3 Å². The van der Waals surface area contributed by atoms with E-state index in [1.807, 2.05) is 0 Å². The van der Waals surface area contributed by atoms with Gasteiger partial charge in [-0.25, -0.2) is 17.6 Å². The zero-order valence-electron chi connectivity index (χ0n) is 18.8. The number of aromatic hydroxyl groups is 1. The molecule has 0 saturated heterocycles. The van der Waals surface area contributed by atoms with Gasteiger partial charge in [0.2, 0.25) is 5.75 Å². The molecule has 0 aromatic heterocycles. The van der Waals surface area contributed by atoms with E-state index in [1.165, 1.54) is 0 Å². The van der Waals surface area contributed by atoms with Crippen molar-refractivity contribution in [2.45, 2.75) is 51.8 Å². The molecule has 0 amide bonds. The fourth-order valence-corrected chi connectivity index (χ4v) is 3.81. The van der Waals surface area contributed by atoms with Crippen LogP contribution in [0.3, 0.4) is 0 Å². The molecule has 0 spiro atoms. The van der Waals surface area contributed by atoms with Crippen LogP contribution < -0.4 is 4.74 Å². The smallest absolute Gasteiger partial charge is 0.507 e. The van der Waals surface area contributed by atoms with Crippen molar-refractivity contribution < 1.29 is 40.6 Å². The van der Waals surface area contributed by atoms with Gasteiger partial charge in [-0.2, -0.15) is 0 Å². The van der Waals surface area contributed by atoms with Crippen LogP contribution in [-0.4, -0.2) is 11.5 Å². The zero-order valence-corrected chi connectivity index (χ0v) is 18.8. The molecule has 0 radical (unpaired) electrons. The molecule has 0 fully saturated rings. The van der Waals surface area contributed by atoms with Gasteiger partial charge >= 0.3 is 6.36 Å². The first-order valence-electron chi connectivity index (χ1n) is 11.0. The summed E-state index contributed by atoms with van der Waals surface area (Å²) in [5.74, 6) is -7.48. The van der Waals surface area contributed by atoms with Gasteiger partial charge in [-0.15, -0.1) is 13.2 Å². The Morgan fingerprint density at radius 3 is 1.97 bits per heavy atom. The summed E-state index contributed by atoms with van der Waals surface area (Å²) in [5, 5.41) is 10.2. The minimum Gasteiger partial charge on any atom is -0.507 e. The predicted molar refractivity (Wildman–Crippen MR) is 117 cm³/mol. The van der Waals surface area contributed by atoms with E-state index >= 15 is 4.39 Å². The van der Waals surface area contributed by atoms with Crippen LogP contribution in [0.2, 0.25) is 0 Å². The van der Waals surface area contributed by atoms with Crippen molar-refractivity contribution in [1.82, 2.24) is 0 Å². The number of hydrogen-bond acceptors (Lipinski definition) is 2. The number of rotatable bonds is 9. The van der Waals surface area contributed by atoms with Gasteiger partial charge in [0.1, 0.15) is 17.4 Å². The van der Waals surface area contributed by atoms with Gasteiger partial charge in [-0.1, -0.05) is 44.0 Å². The molecule has 3 aromatic carbocycles. The van der Waals surface area contributed by atoms with Crippen LogP contribution in [0.15, 0.2) is 42.5 Å². The van der Waals surface area contributed by atoms with Gasteiger partial charge in [0.15, 0.2) is 11.6 Å². The second-order valence-electron chi connectivity index (χ2n) is 8.14. The van der Waals surface area contributed by atoms with Crippen molar-refractivity contribution in [3.05, 3.63) is 82.4 Å². The quantitative estimate of drug-likeness (QED) is 0.238. The highest BCUT2D eigenvalue weighted by atomic mass is 19.4. The maximum Gasteiger partial charge on any atom is 0.573 e. The molecule has 0 atom stereocenters. The topological polar surface area (TPSA) is 29.5 Å². The number of phenols is 1. The molecule has 35 heavy (non-hydrogen) atoms. The first-order valence-corrected chi connectivity index (χ1v) is 11.0. The molecule has 3 rings (SSSR count). The maximum absolute atomic E-state index is 15.2. The van der Waals surface area contributed by atoms with Crippen LogP contribution in [0, 0.1) is 23.3 Å². The second-order valence-corrected chi connectivity index (χ2v) is 8.14. The third kappa shape index (κ3) is 6.68. The minimum atomic E-state index is -5.29. The lowest BCUT2D eigenvalue weighted by atomic mass is 9.95. The standard InChI is InChI=1S/C26H23F7O2/c1-2-3-4-5-15-6-9-17(10-7-15)23-22(34)14-19(27)18(24(23)30)11-8-16-12-20(28)25(21(29)13-16)35-26(31,32)33/h6-7,9-10,12-14,34H,2-5,8,11H2,1H3. The van der Waals surface area contributed by atoms with E-state index in [4.69, 9.17) is 0 Å². The highest BCUT2D eigenvalue weighted by molar-refractivity contribution is 5.72. The Kier molecular flexibility index (Phi) is 8.30. The first kappa shape index (κ1) is 26.4. The van der Waals surface area contributed by atoms with E-state index in [9.17, 15) is 31.4 Å². The Bertz CT molecular complexity index is 1150. The molecule has 0 saturated carbocycles. The van der Waals surface area contributed by atoms with Crippen molar-refractivity contribution in [3.63, 3.8) is 0 Å². The molecule has 3 aromatic rings. The van der Waals surface area contributed by atoms with E-state index in [-0.39, 0.29) is 24.0 Å². The van der Waals surface area contributed by atoms with Gasteiger partial charge in [0.25, 0.3) is 0 Å². The fraction of sp³-hybridized carbons (Fsp3) is 0.308. The summed E-state index contributed by atoms with van der Waals surface area (Å²) in [6.07, 6.45) is -1.94. The Hall–Kier alpha value is -3.23. The summed E-state index contributed by atoms with van der Waals surface area (Å²) in [4.78, 5) is 0. The molecule has 0 aliphatic carbocycles. The molecule has 0 unspecified atom stereocenters. The number of hydrogen-bond donors (Lipinski definition) is 1. The van der Waals surface area contributed by atoms with E-state index < -0.39 is 46.7 Å². The predicted octanol–water partition coefficient (Wildman–Crippen LogP) is 8.03. The second kappa shape index (κ2) is 11.0. The molecule has 2 nitrogen and oxygen atoms in total. The maximum atomic E-state index is 15.2. The minimum absolute atomic E-state index is 0.126. The third-order valence-electron chi connectivity index (χ3n) is 5.54. The van der Waals surface area contributed by atoms with E-state index in [2.05, 4.69) is 11.7 Å². The number of halogens is 7. The summed E-state index contributed by atoms with van der Waals surface area (Å²) in [7, 11) is 0. The van der Waals surface area contributed by atoms with Gasteiger partial charge in [-0.3, -0.25) is 0 Å². The van der Waals surface area contributed by atoms with Crippen LogP contribution in [0.4, 0.5) is 30.7 Å². The average Bonchev–Trinajstić information content (AvgIpc) is 2.76. The van der Waals surface area contributed by atoms with Gasteiger partial charge < -0.3 is 9.84 Å². The van der Waals surface area contributed by atoms with Crippen molar-refractivity contribution in [2.75, 3.05) is 0 Å². The number of benzene rings is 3. The van der Waals surface area contributed by atoms with Crippen LogP contribution in [0.5, 0.6) is 11.5 Å². The largest absolute Gasteiger partial charge is 0.573 e. The molecule has 9 heteroatoms. The molecule has 0 bridgehead atoms. The molecule has 0 heterocycles. The van der Waals surface area contributed by atoms with Crippen molar-refractivity contribution in [2.24, 2.45) is 0 Å². The van der Waals surface area contributed by atoms with Gasteiger partial charge in [0, 0.05) is 11.6 Å². The lowest BCUT2D eigenvalue weighted by molar-refractivity contribution is -0.276. The summed E-state index contributed by atoms with van der Waals surface area (Å²) < 4.78 is 97.8. The lowest BCUT2D eigenvalue weighted by Gasteiger charge is -2.14.